The van der Waals surface area contributed by atoms with Crippen LogP contribution in [0.5, 0.6) is 0 Å². The van der Waals surface area contributed by atoms with E-state index in [0.29, 0.717) is 12.3 Å². The predicted octanol–water partition coefficient (Wildman–Crippen LogP) is 2.47. The molecular weight excluding hydrogens is 238 g/mol. The van der Waals surface area contributed by atoms with Gasteiger partial charge in [0.1, 0.15) is 6.17 Å². The van der Waals surface area contributed by atoms with Crippen LogP contribution in [0, 0.1) is 5.92 Å². The van der Waals surface area contributed by atoms with Crippen molar-refractivity contribution in [3.05, 3.63) is 30.3 Å². The first-order valence-electron chi connectivity index (χ1n) is 6.79. The Labute approximate surface area is 113 Å². The second kappa shape index (κ2) is 4.68. The monoisotopic (exact) mass is 257 g/mol. The summed E-state index contributed by atoms with van der Waals surface area (Å²) >= 11 is 0. The lowest BCUT2D eigenvalue weighted by atomic mass is 9.90. The summed E-state index contributed by atoms with van der Waals surface area (Å²) < 4.78 is 0. The molecule has 0 aromatic heterocycles. The number of para-hydroxylation sites is 1. The minimum absolute atomic E-state index is 0.0473. The smallest absolute Gasteiger partial charge is 0.224 e. The molecule has 4 heteroatoms. The maximum Gasteiger partial charge on any atom is 0.224 e. The largest absolute Gasteiger partial charge is 0.323 e. The first-order valence-corrected chi connectivity index (χ1v) is 6.79. The van der Waals surface area contributed by atoms with Gasteiger partial charge in [0, 0.05) is 19.2 Å². The molecule has 2 bridgehead atoms. The van der Waals surface area contributed by atoms with Gasteiger partial charge in [-0.25, -0.2) is 5.01 Å². The van der Waals surface area contributed by atoms with Crippen LogP contribution in [-0.4, -0.2) is 29.7 Å². The highest BCUT2D eigenvalue weighted by molar-refractivity contribution is 5.86. The zero-order chi connectivity index (χ0) is 13.4. The van der Waals surface area contributed by atoms with Crippen LogP contribution in [-0.2, 0) is 4.79 Å². The van der Waals surface area contributed by atoms with Crippen molar-refractivity contribution in [2.24, 2.45) is 11.0 Å². The Morgan fingerprint density at radius 2 is 1.95 bits per heavy atom. The number of anilines is 1. The zero-order valence-electron chi connectivity index (χ0n) is 11.4. The number of hydrazone groups is 1. The van der Waals surface area contributed by atoms with E-state index in [1.165, 1.54) is 0 Å². The second-order valence-electron chi connectivity index (χ2n) is 5.51. The molecule has 0 aliphatic carbocycles. The number of piperidine rings is 1. The van der Waals surface area contributed by atoms with Gasteiger partial charge in [0.05, 0.1) is 5.69 Å². The van der Waals surface area contributed by atoms with Crippen LogP contribution < -0.4 is 5.01 Å². The molecule has 0 saturated carbocycles. The molecule has 2 unspecified atom stereocenters. The molecule has 2 aliphatic heterocycles. The van der Waals surface area contributed by atoms with Crippen molar-refractivity contribution < 1.29 is 4.79 Å². The van der Waals surface area contributed by atoms with E-state index in [0.717, 1.165) is 24.2 Å². The van der Waals surface area contributed by atoms with Crippen LogP contribution in [0.4, 0.5) is 5.69 Å². The summed E-state index contributed by atoms with van der Waals surface area (Å²) in [4.78, 5) is 13.9. The van der Waals surface area contributed by atoms with Crippen molar-refractivity contribution >= 4 is 17.3 Å². The molecule has 2 atom stereocenters. The van der Waals surface area contributed by atoms with Crippen molar-refractivity contribution in [1.82, 2.24) is 4.90 Å². The average Bonchev–Trinajstić information content (AvgIpc) is 2.54. The Morgan fingerprint density at radius 1 is 1.21 bits per heavy atom. The fourth-order valence-corrected chi connectivity index (χ4v) is 3.04. The molecule has 1 fully saturated rings. The van der Waals surface area contributed by atoms with Gasteiger partial charge in [-0.2, -0.15) is 5.10 Å². The molecule has 19 heavy (non-hydrogen) atoms. The predicted molar refractivity (Wildman–Crippen MR) is 75.9 cm³/mol. The minimum Gasteiger partial charge on any atom is -0.323 e. The summed E-state index contributed by atoms with van der Waals surface area (Å²) in [6, 6.07) is 10.1. The molecule has 0 radical (unpaired) electrons. The molecular formula is C15H19N3O. The minimum atomic E-state index is 0.0473. The number of carbonyl (C=O) groups excluding carboxylic acids is 1. The number of carbonyl (C=O) groups is 1. The van der Waals surface area contributed by atoms with Gasteiger partial charge in [-0.3, -0.25) is 4.79 Å². The second-order valence-corrected chi connectivity index (χ2v) is 5.51. The van der Waals surface area contributed by atoms with Gasteiger partial charge in [0.15, 0.2) is 0 Å². The van der Waals surface area contributed by atoms with Gasteiger partial charge in [-0.1, -0.05) is 18.2 Å². The summed E-state index contributed by atoms with van der Waals surface area (Å²) in [5.74, 6) is 0.665. The number of fused-ring (bicyclic) bond motifs is 2. The van der Waals surface area contributed by atoms with E-state index in [1.54, 1.807) is 0 Å². The molecule has 1 amide bonds. The third kappa shape index (κ3) is 2.23. The number of benzene rings is 1. The lowest BCUT2D eigenvalue weighted by Gasteiger charge is -2.40. The van der Waals surface area contributed by atoms with E-state index in [4.69, 9.17) is 5.10 Å². The Bertz CT molecular complexity index is 511. The van der Waals surface area contributed by atoms with E-state index in [2.05, 4.69) is 6.92 Å². The average molecular weight is 257 g/mol. The van der Waals surface area contributed by atoms with Crippen LogP contribution in [0.3, 0.4) is 0 Å². The Balaban J connectivity index is 2.01. The Morgan fingerprint density at radius 3 is 2.68 bits per heavy atom. The summed E-state index contributed by atoms with van der Waals surface area (Å²) in [5, 5.41) is 6.74. The van der Waals surface area contributed by atoms with Crippen LogP contribution in [0.15, 0.2) is 35.4 Å². The maximum absolute atomic E-state index is 12.1. The molecule has 4 nitrogen and oxygen atoms in total. The molecule has 2 heterocycles. The van der Waals surface area contributed by atoms with Gasteiger partial charge < -0.3 is 4.90 Å². The fourth-order valence-electron chi connectivity index (χ4n) is 3.04. The third-order valence-electron chi connectivity index (χ3n) is 4.01. The lowest BCUT2D eigenvalue weighted by Crippen LogP contribution is -2.51. The van der Waals surface area contributed by atoms with E-state index in [-0.39, 0.29) is 12.1 Å². The fraction of sp³-hybridized carbons (Fsp3) is 0.467. The maximum atomic E-state index is 12.1. The first-order chi connectivity index (χ1) is 9.15. The SMILES string of the molecule is CC1=NN(c2ccccc2)C2CC(CC(=O)N2C)C1. The number of hydrogen-bond donors (Lipinski definition) is 0. The number of amides is 1. The molecule has 1 aromatic rings. The highest BCUT2D eigenvalue weighted by Gasteiger charge is 2.37. The van der Waals surface area contributed by atoms with Crippen molar-refractivity contribution in [3.8, 4) is 0 Å². The molecule has 2 aliphatic rings. The topological polar surface area (TPSA) is 35.9 Å². The van der Waals surface area contributed by atoms with Crippen LogP contribution in [0.2, 0.25) is 0 Å². The van der Waals surface area contributed by atoms with Crippen LogP contribution in [0.25, 0.3) is 0 Å². The van der Waals surface area contributed by atoms with Gasteiger partial charge in [-0.15, -0.1) is 0 Å². The number of likely N-dealkylation sites (tertiary alicyclic amines) is 1. The highest BCUT2D eigenvalue weighted by atomic mass is 16.2. The van der Waals surface area contributed by atoms with E-state index >= 15 is 0 Å². The van der Waals surface area contributed by atoms with Crippen molar-refractivity contribution in [3.63, 3.8) is 0 Å². The summed E-state index contributed by atoms with van der Waals surface area (Å²) in [7, 11) is 1.88. The summed E-state index contributed by atoms with van der Waals surface area (Å²) in [6.07, 6.45) is 2.63. The number of rotatable bonds is 1. The van der Waals surface area contributed by atoms with Crippen LogP contribution in [0.1, 0.15) is 26.2 Å². The molecule has 1 aromatic carbocycles. The summed E-state index contributed by atoms with van der Waals surface area (Å²) in [6.45, 7) is 2.06. The van der Waals surface area contributed by atoms with Gasteiger partial charge in [0.25, 0.3) is 0 Å². The van der Waals surface area contributed by atoms with E-state index in [1.807, 2.05) is 47.3 Å². The molecule has 0 N–H and O–H groups in total. The van der Waals surface area contributed by atoms with Crippen molar-refractivity contribution in [2.75, 3.05) is 12.1 Å². The van der Waals surface area contributed by atoms with E-state index in [9.17, 15) is 4.79 Å². The first kappa shape index (κ1) is 12.2. The zero-order valence-corrected chi connectivity index (χ0v) is 11.4. The normalized spacial score (nSPS) is 27.1. The van der Waals surface area contributed by atoms with Crippen molar-refractivity contribution in [2.45, 2.75) is 32.4 Å². The van der Waals surface area contributed by atoms with E-state index < -0.39 is 0 Å². The highest BCUT2D eigenvalue weighted by Crippen LogP contribution is 2.33. The van der Waals surface area contributed by atoms with Crippen LogP contribution >= 0.6 is 0 Å². The summed E-state index contributed by atoms with van der Waals surface area (Å²) in [5.41, 5.74) is 2.16. The number of hydrogen-bond acceptors (Lipinski definition) is 3. The van der Waals surface area contributed by atoms with Gasteiger partial charge >= 0.3 is 0 Å². The standard InChI is InChI=1S/C15H19N3O/c1-11-8-12-9-14(17(2)15(19)10-12)18(16-11)13-6-4-3-5-7-13/h3-7,12,14H,8-10H2,1-2H3. The lowest BCUT2D eigenvalue weighted by molar-refractivity contribution is -0.136. The Hall–Kier alpha value is -1.84. The Kier molecular flexibility index (Phi) is 3.01. The quantitative estimate of drug-likeness (QED) is 0.775. The third-order valence-corrected chi connectivity index (χ3v) is 4.01. The van der Waals surface area contributed by atoms with Gasteiger partial charge in [-0.05, 0) is 37.8 Å². The number of nitrogens with zero attached hydrogens (tertiary/aromatic N) is 3. The van der Waals surface area contributed by atoms with Gasteiger partial charge in [0.2, 0.25) is 5.91 Å². The van der Waals surface area contributed by atoms with Crippen molar-refractivity contribution in [1.29, 1.82) is 0 Å². The molecule has 0 spiro atoms. The molecule has 1 saturated heterocycles. The molecule has 3 rings (SSSR count). The molecule has 100 valence electrons.